The summed E-state index contributed by atoms with van der Waals surface area (Å²) in [5, 5.41) is 15.3. The molecule has 0 fully saturated rings. The number of urea groups is 1. The minimum atomic E-state index is -0.373. The number of amides is 2. The molecule has 25 heavy (non-hydrogen) atoms. The maximum absolute atomic E-state index is 12.0. The predicted molar refractivity (Wildman–Crippen MR) is 101 cm³/mol. The van der Waals surface area contributed by atoms with Crippen molar-refractivity contribution in [3.63, 3.8) is 0 Å². The number of para-hydroxylation sites is 2. The molecule has 0 aliphatic heterocycles. The van der Waals surface area contributed by atoms with Crippen molar-refractivity contribution in [2.24, 2.45) is 5.41 Å². The molecule has 1 heterocycles. The van der Waals surface area contributed by atoms with Crippen molar-refractivity contribution < 1.29 is 9.90 Å². The third kappa shape index (κ3) is 5.46. The van der Waals surface area contributed by atoms with E-state index in [0.29, 0.717) is 25.9 Å². The van der Waals surface area contributed by atoms with Crippen molar-refractivity contribution in [3.05, 3.63) is 30.1 Å². The minimum Gasteiger partial charge on any atom is -0.393 e. The highest BCUT2D eigenvalue weighted by Gasteiger charge is 2.21. The molecule has 0 aliphatic rings. The van der Waals surface area contributed by atoms with Gasteiger partial charge in [-0.25, -0.2) is 9.78 Å². The lowest BCUT2D eigenvalue weighted by atomic mass is 9.87. The Hall–Kier alpha value is -2.08. The van der Waals surface area contributed by atoms with Gasteiger partial charge < -0.3 is 20.3 Å². The molecule has 138 valence electrons. The van der Waals surface area contributed by atoms with Crippen LogP contribution in [0.4, 0.5) is 4.79 Å². The Kier molecular flexibility index (Phi) is 6.42. The van der Waals surface area contributed by atoms with Crippen molar-refractivity contribution in [2.75, 3.05) is 13.1 Å². The lowest BCUT2D eigenvalue weighted by Crippen LogP contribution is -2.42. The van der Waals surface area contributed by atoms with Gasteiger partial charge in [0.05, 0.1) is 17.1 Å². The highest BCUT2D eigenvalue weighted by molar-refractivity contribution is 5.76. The minimum absolute atomic E-state index is 0.137. The lowest BCUT2D eigenvalue weighted by molar-refractivity contribution is 0.129. The van der Waals surface area contributed by atoms with E-state index in [1.54, 1.807) is 6.92 Å². The Bertz CT molecular complexity index is 707. The normalized spacial score (nSPS) is 13.0. The second kappa shape index (κ2) is 8.34. The highest BCUT2D eigenvalue weighted by Crippen LogP contribution is 2.21. The first-order valence-corrected chi connectivity index (χ1v) is 8.96. The van der Waals surface area contributed by atoms with E-state index in [0.717, 1.165) is 23.4 Å². The van der Waals surface area contributed by atoms with Crippen LogP contribution in [0.15, 0.2) is 24.3 Å². The number of carbonyl (C=O) groups excluding carboxylic acids is 1. The molecule has 2 aromatic rings. The number of benzene rings is 1. The molecule has 6 heteroatoms. The topological polar surface area (TPSA) is 79.2 Å². The fraction of sp³-hybridized carbons (Fsp3) is 0.579. The Labute approximate surface area is 149 Å². The van der Waals surface area contributed by atoms with Crippen molar-refractivity contribution in [1.82, 2.24) is 20.2 Å². The van der Waals surface area contributed by atoms with Gasteiger partial charge in [-0.2, -0.15) is 0 Å². The van der Waals surface area contributed by atoms with Crippen LogP contribution in [-0.2, 0) is 13.0 Å². The summed E-state index contributed by atoms with van der Waals surface area (Å²) in [4.78, 5) is 16.6. The van der Waals surface area contributed by atoms with E-state index in [4.69, 9.17) is 0 Å². The molecule has 1 unspecified atom stereocenters. The zero-order chi connectivity index (χ0) is 18.4. The van der Waals surface area contributed by atoms with E-state index >= 15 is 0 Å². The number of aliphatic hydroxyl groups excluding tert-OH is 1. The molecule has 0 aliphatic carbocycles. The number of aromatic nitrogens is 2. The summed E-state index contributed by atoms with van der Waals surface area (Å²) in [7, 11) is 0. The molecule has 1 atom stereocenters. The van der Waals surface area contributed by atoms with Crippen LogP contribution in [0.3, 0.4) is 0 Å². The number of imidazole rings is 1. The number of nitrogens with zero attached hydrogens (tertiary/aromatic N) is 2. The molecular formula is C19H30N4O2. The largest absolute Gasteiger partial charge is 0.393 e. The Balaban J connectivity index is 1.83. The van der Waals surface area contributed by atoms with E-state index in [2.05, 4.69) is 33.2 Å². The first kappa shape index (κ1) is 19.2. The summed E-state index contributed by atoms with van der Waals surface area (Å²) in [5.74, 6) is 0.985. The molecule has 0 bridgehead atoms. The second-order valence-electron chi connectivity index (χ2n) is 7.34. The zero-order valence-electron chi connectivity index (χ0n) is 15.7. The number of hydrogen-bond acceptors (Lipinski definition) is 3. The van der Waals surface area contributed by atoms with Gasteiger partial charge in [-0.05, 0) is 37.8 Å². The van der Waals surface area contributed by atoms with Crippen LogP contribution in [0.1, 0.15) is 39.9 Å². The van der Waals surface area contributed by atoms with Crippen LogP contribution >= 0.6 is 0 Å². The number of rotatable bonds is 8. The van der Waals surface area contributed by atoms with E-state index in [1.807, 2.05) is 32.0 Å². The van der Waals surface area contributed by atoms with Gasteiger partial charge in [0.2, 0.25) is 0 Å². The summed E-state index contributed by atoms with van der Waals surface area (Å²) < 4.78 is 2.18. The summed E-state index contributed by atoms with van der Waals surface area (Å²) in [6, 6.07) is 7.90. The molecule has 0 saturated heterocycles. The number of carbonyl (C=O) groups is 1. The quantitative estimate of drug-likeness (QED) is 0.687. The van der Waals surface area contributed by atoms with E-state index in [-0.39, 0.29) is 17.6 Å². The molecule has 2 amide bonds. The fourth-order valence-corrected chi connectivity index (χ4v) is 3.21. The first-order chi connectivity index (χ1) is 11.8. The van der Waals surface area contributed by atoms with Crippen LogP contribution < -0.4 is 10.6 Å². The molecule has 1 aromatic carbocycles. The number of aryl methyl sites for hydroxylation is 1. The van der Waals surface area contributed by atoms with Gasteiger partial charge in [-0.3, -0.25) is 0 Å². The van der Waals surface area contributed by atoms with Gasteiger partial charge in [0.1, 0.15) is 5.82 Å². The molecule has 1 aromatic heterocycles. The van der Waals surface area contributed by atoms with Crippen molar-refractivity contribution >= 4 is 17.1 Å². The van der Waals surface area contributed by atoms with E-state index < -0.39 is 0 Å². The molecular weight excluding hydrogens is 316 g/mol. The standard InChI is InChI=1S/C19H30N4O2/c1-5-23-16-9-7-6-8-15(16)22-17(23)10-11-20-18(25)21-13-19(3,4)12-14(2)24/h6-9,14,24H,5,10-13H2,1-4H3,(H2,20,21,25). The Morgan fingerprint density at radius 3 is 2.72 bits per heavy atom. The average molecular weight is 346 g/mol. The van der Waals surface area contributed by atoms with Gasteiger partial charge in [-0.1, -0.05) is 26.0 Å². The van der Waals surface area contributed by atoms with E-state index in [9.17, 15) is 9.90 Å². The number of hydrogen-bond donors (Lipinski definition) is 3. The molecule has 6 nitrogen and oxygen atoms in total. The summed E-state index contributed by atoms with van der Waals surface area (Å²) >= 11 is 0. The number of aliphatic hydroxyl groups is 1. The summed E-state index contributed by atoms with van der Waals surface area (Å²) in [6.45, 7) is 9.84. The van der Waals surface area contributed by atoms with Gasteiger partial charge in [0.15, 0.2) is 0 Å². The molecule has 0 radical (unpaired) electrons. The van der Waals surface area contributed by atoms with Crippen LogP contribution in [-0.4, -0.2) is 39.9 Å². The van der Waals surface area contributed by atoms with Crippen LogP contribution in [0.5, 0.6) is 0 Å². The third-order valence-corrected chi connectivity index (χ3v) is 4.26. The Morgan fingerprint density at radius 2 is 2.04 bits per heavy atom. The van der Waals surface area contributed by atoms with Gasteiger partial charge in [0, 0.05) is 26.1 Å². The summed E-state index contributed by atoms with van der Waals surface area (Å²) in [5.41, 5.74) is 1.98. The van der Waals surface area contributed by atoms with Crippen LogP contribution in [0, 0.1) is 5.41 Å². The first-order valence-electron chi connectivity index (χ1n) is 8.96. The molecule has 2 rings (SSSR count). The van der Waals surface area contributed by atoms with Crippen molar-refractivity contribution in [3.8, 4) is 0 Å². The van der Waals surface area contributed by atoms with Gasteiger partial charge in [-0.15, -0.1) is 0 Å². The Morgan fingerprint density at radius 1 is 1.32 bits per heavy atom. The molecule has 0 spiro atoms. The van der Waals surface area contributed by atoms with Gasteiger partial charge >= 0.3 is 6.03 Å². The monoisotopic (exact) mass is 346 g/mol. The SMILES string of the molecule is CCn1c(CCNC(=O)NCC(C)(C)CC(C)O)nc2ccccc21. The van der Waals surface area contributed by atoms with Crippen molar-refractivity contribution in [1.29, 1.82) is 0 Å². The second-order valence-corrected chi connectivity index (χ2v) is 7.34. The maximum Gasteiger partial charge on any atom is 0.314 e. The maximum atomic E-state index is 12.0. The third-order valence-electron chi connectivity index (χ3n) is 4.26. The smallest absolute Gasteiger partial charge is 0.314 e. The van der Waals surface area contributed by atoms with Crippen LogP contribution in [0.25, 0.3) is 11.0 Å². The van der Waals surface area contributed by atoms with E-state index in [1.165, 1.54) is 0 Å². The highest BCUT2D eigenvalue weighted by atomic mass is 16.3. The summed E-state index contributed by atoms with van der Waals surface area (Å²) in [6.07, 6.45) is 0.961. The average Bonchev–Trinajstić information content (AvgIpc) is 2.89. The predicted octanol–water partition coefficient (Wildman–Crippen LogP) is 2.70. The lowest BCUT2D eigenvalue weighted by Gasteiger charge is -2.26. The number of fused-ring (bicyclic) bond motifs is 1. The number of nitrogens with one attached hydrogen (secondary N) is 2. The molecule has 3 N–H and O–H groups in total. The van der Waals surface area contributed by atoms with Crippen LogP contribution in [0.2, 0.25) is 0 Å². The van der Waals surface area contributed by atoms with Gasteiger partial charge in [0.25, 0.3) is 0 Å². The molecule has 0 saturated carbocycles. The zero-order valence-corrected chi connectivity index (χ0v) is 15.7. The fourth-order valence-electron chi connectivity index (χ4n) is 3.21. The van der Waals surface area contributed by atoms with Crippen molar-refractivity contribution in [2.45, 2.75) is 53.2 Å².